The number of hydrogen-bond acceptors (Lipinski definition) is 1. The monoisotopic (exact) mass is 242 g/mol. The van der Waals surface area contributed by atoms with Gasteiger partial charge in [-0.15, -0.1) is 0 Å². The summed E-state index contributed by atoms with van der Waals surface area (Å²) >= 11 is 3.47. The van der Waals surface area contributed by atoms with Crippen LogP contribution in [0.5, 0.6) is 0 Å². The molecule has 1 aromatic carbocycles. The van der Waals surface area contributed by atoms with Crippen molar-refractivity contribution < 1.29 is 4.15 Å². The summed E-state index contributed by atoms with van der Waals surface area (Å²) in [6.07, 6.45) is 0.650. The van der Waals surface area contributed by atoms with E-state index >= 15 is 0 Å². The van der Waals surface area contributed by atoms with Crippen LogP contribution in [0.3, 0.4) is 0 Å². The van der Waals surface area contributed by atoms with Crippen LogP contribution < -0.4 is 5.31 Å². The van der Waals surface area contributed by atoms with Crippen LogP contribution in [-0.4, -0.2) is 13.0 Å². The summed E-state index contributed by atoms with van der Waals surface area (Å²) in [6.45, 7) is 0.834. The zero-order valence-electron chi connectivity index (χ0n) is 10.5. The van der Waals surface area contributed by atoms with Gasteiger partial charge in [-0.25, -0.2) is 0 Å². The fourth-order valence-electron chi connectivity index (χ4n) is 1.51. The molecular weight excluding hydrogens is 226 g/mol. The van der Waals surface area contributed by atoms with Crippen LogP contribution in [0.2, 0.25) is 1.41 Å². The average molecular weight is 243 g/mol. The fourth-order valence-corrected chi connectivity index (χ4v) is 1.93. The van der Waals surface area contributed by atoms with Gasteiger partial charge < -0.3 is 5.31 Å². The summed E-state index contributed by atoms with van der Waals surface area (Å²) in [5, 5.41) is 1.02. The lowest BCUT2D eigenvalue weighted by Gasteiger charge is -2.39. The third-order valence-electron chi connectivity index (χ3n) is 2.32. The minimum Gasteiger partial charge on any atom is -0.316 e. The Bertz CT molecular complexity index is 410. The SMILES string of the molecule is [2H]N1CC(C)(Cc2ccccc2Br)C1([2H])[2H]. The van der Waals surface area contributed by atoms with Crippen LogP contribution in [0.25, 0.3) is 0 Å². The zero-order chi connectivity index (χ0) is 12.0. The van der Waals surface area contributed by atoms with Crippen molar-refractivity contribution in [1.29, 1.82) is 0 Å². The Hall–Kier alpha value is -0.340. The number of nitrogens with one attached hydrogen (secondary N) is 1. The van der Waals surface area contributed by atoms with Crippen molar-refractivity contribution in [2.75, 3.05) is 13.0 Å². The Morgan fingerprint density at radius 3 is 3.08 bits per heavy atom. The van der Waals surface area contributed by atoms with E-state index in [1.165, 1.54) is 0 Å². The molecule has 1 nitrogen and oxygen atoms in total. The molecule has 0 aliphatic carbocycles. The van der Waals surface area contributed by atoms with Gasteiger partial charge in [0.1, 0.15) is 1.41 Å². The van der Waals surface area contributed by atoms with Gasteiger partial charge in [0.2, 0.25) is 0 Å². The third-order valence-corrected chi connectivity index (χ3v) is 3.09. The zero-order valence-corrected chi connectivity index (χ0v) is 9.13. The summed E-state index contributed by atoms with van der Waals surface area (Å²) in [4.78, 5) is 0. The first-order valence-electron chi connectivity index (χ1n) is 5.81. The second-order valence-corrected chi connectivity index (χ2v) is 4.61. The lowest BCUT2D eigenvalue weighted by molar-refractivity contribution is 0.195. The molecule has 0 saturated carbocycles. The highest BCUT2D eigenvalue weighted by Crippen LogP contribution is 2.29. The largest absolute Gasteiger partial charge is 0.316 e. The summed E-state index contributed by atoms with van der Waals surface area (Å²) in [5.74, 6) is 0. The Morgan fingerprint density at radius 2 is 2.46 bits per heavy atom. The van der Waals surface area contributed by atoms with Crippen molar-refractivity contribution >= 4 is 15.9 Å². The maximum atomic E-state index is 7.84. The normalized spacial score (nSPS) is 35.7. The Balaban J connectivity index is 2.21. The van der Waals surface area contributed by atoms with E-state index < -0.39 is 11.9 Å². The standard InChI is InChI=1S/C11H14BrN/c1-11(7-13-8-11)6-9-4-2-3-5-10(9)12/h2-5,13H,6-8H2,1H3/i7D2/hD. The number of benzene rings is 1. The van der Waals surface area contributed by atoms with Gasteiger partial charge in [-0.2, -0.15) is 0 Å². The highest BCUT2D eigenvalue weighted by atomic mass is 79.9. The molecule has 13 heavy (non-hydrogen) atoms. The Labute approximate surface area is 91.9 Å². The van der Waals surface area contributed by atoms with Crippen molar-refractivity contribution in [2.45, 2.75) is 13.3 Å². The highest BCUT2D eigenvalue weighted by molar-refractivity contribution is 9.10. The molecule has 1 heterocycles. The summed E-state index contributed by atoms with van der Waals surface area (Å²) < 4.78 is 24.1. The molecule has 70 valence electrons. The molecule has 0 aromatic heterocycles. The van der Waals surface area contributed by atoms with E-state index in [-0.39, 0.29) is 0 Å². The topological polar surface area (TPSA) is 12.0 Å². The molecule has 1 saturated heterocycles. The lowest BCUT2D eigenvalue weighted by Crippen LogP contribution is -2.52. The molecule has 1 aromatic rings. The molecular formula is C11H14BrN. The predicted molar refractivity (Wildman–Crippen MR) is 58.8 cm³/mol. The summed E-state index contributed by atoms with van der Waals surface area (Å²) in [6, 6.07) is 7.86. The van der Waals surface area contributed by atoms with Gasteiger partial charge in [0.25, 0.3) is 0 Å². The number of hydrogen-bond donors (Lipinski definition) is 1. The molecule has 2 heteroatoms. The van der Waals surface area contributed by atoms with Gasteiger partial charge in [0, 0.05) is 20.3 Å². The van der Waals surface area contributed by atoms with E-state index in [0.717, 1.165) is 15.3 Å². The van der Waals surface area contributed by atoms with E-state index in [9.17, 15) is 0 Å². The van der Waals surface area contributed by atoms with Crippen LogP contribution in [0.15, 0.2) is 28.7 Å². The number of rotatable bonds is 2. The molecule has 0 bridgehead atoms. The molecule has 1 aliphatic rings. The first-order valence-corrected chi connectivity index (χ1v) is 5.16. The van der Waals surface area contributed by atoms with Crippen LogP contribution in [0.4, 0.5) is 0 Å². The molecule has 0 radical (unpaired) electrons. The molecule has 1 atom stereocenters. The third kappa shape index (κ3) is 1.94. The maximum Gasteiger partial charge on any atom is 0.122 e. The minimum atomic E-state index is -1.54. The molecule has 1 fully saturated rings. The van der Waals surface area contributed by atoms with Gasteiger partial charge in [-0.05, 0) is 23.5 Å². The van der Waals surface area contributed by atoms with Crippen molar-refractivity contribution in [3.05, 3.63) is 34.3 Å². The second kappa shape index (κ2) is 3.43. The smallest absolute Gasteiger partial charge is 0.122 e. The first-order chi connectivity index (χ1) is 7.37. The van der Waals surface area contributed by atoms with E-state index in [2.05, 4.69) is 15.9 Å². The van der Waals surface area contributed by atoms with Crippen molar-refractivity contribution in [3.8, 4) is 0 Å². The molecule has 1 unspecified atom stereocenters. The fraction of sp³-hybridized carbons (Fsp3) is 0.455. The quantitative estimate of drug-likeness (QED) is 0.841. The minimum absolute atomic E-state index is 0.474. The highest BCUT2D eigenvalue weighted by Gasteiger charge is 2.31. The van der Waals surface area contributed by atoms with E-state index in [1.807, 2.05) is 31.2 Å². The lowest BCUT2D eigenvalue weighted by atomic mass is 9.78. The van der Waals surface area contributed by atoms with E-state index in [4.69, 9.17) is 4.15 Å². The van der Waals surface area contributed by atoms with Crippen molar-refractivity contribution in [2.24, 2.45) is 5.41 Å². The molecule has 1 aliphatic heterocycles. The number of halogens is 1. The van der Waals surface area contributed by atoms with Crippen LogP contribution in [0, 0.1) is 5.41 Å². The van der Waals surface area contributed by atoms with Crippen molar-refractivity contribution in [1.82, 2.24) is 5.31 Å². The maximum absolute atomic E-state index is 7.84. The van der Waals surface area contributed by atoms with Gasteiger partial charge in [-0.1, -0.05) is 41.1 Å². The second-order valence-electron chi connectivity index (χ2n) is 3.76. The summed E-state index contributed by atoms with van der Waals surface area (Å²) in [5.41, 5.74) is 0.625. The van der Waals surface area contributed by atoms with Gasteiger partial charge in [0.15, 0.2) is 0 Å². The van der Waals surface area contributed by atoms with Crippen molar-refractivity contribution in [3.63, 3.8) is 0 Å². The molecule has 2 rings (SSSR count). The first kappa shape index (κ1) is 6.20. The van der Waals surface area contributed by atoms with Crippen LogP contribution in [0.1, 0.15) is 15.2 Å². The molecule has 0 spiro atoms. The van der Waals surface area contributed by atoms with E-state index in [1.54, 1.807) is 0 Å². The molecule has 1 N–H and O–H groups in total. The van der Waals surface area contributed by atoms with Gasteiger partial charge in [0.05, 0.1) is 0 Å². The van der Waals surface area contributed by atoms with Crippen LogP contribution >= 0.6 is 15.9 Å². The van der Waals surface area contributed by atoms with Crippen LogP contribution in [-0.2, 0) is 6.42 Å². The van der Waals surface area contributed by atoms with Gasteiger partial charge >= 0.3 is 0 Å². The van der Waals surface area contributed by atoms with E-state index in [0.29, 0.717) is 13.0 Å². The Kier molecular flexibility index (Phi) is 1.64. The summed E-state index contributed by atoms with van der Waals surface area (Å²) in [7, 11) is 0. The predicted octanol–water partition coefficient (Wildman–Crippen LogP) is 2.60. The average Bonchev–Trinajstić information content (AvgIpc) is 2.21. The Morgan fingerprint density at radius 1 is 1.69 bits per heavy atom. The van der Waals surface area contributed by atoms with Gasteiger partial charge in [-0.3, -0.25) is 0 Å². The molecule has 0 amide bonds.